The van der Waals surface area contributed by atoms with Crippen LogP contribution in [0.1, 0.15) is 17.0 Å². The van der Waals surface area contributed by atoms with Gasteiger partial charge in [0, 0.05) is 10.3 Å². The van der Waals surface area contributed by atoms with E-state index in [4.69, 9.17) is 9.47 Å². The maximum atomic E-state index is 12.2. The summed E-state index contributed by atoms with van der Waals surface area (Å²) in [6.07, 6.45) is 0.851. The van der Waals surface area contributed by atoms with E-state index < -0.39 is 18.1 Å². The number of rotatable bonds is 7. The molecule has 0 spiro atoms. The van der Waals surface area contributed by atoms with Gasteiger partial charge in [0.15, 0.2) is 0 Å². The van der Waals surface area contributed by atoms with Crippen molar-refractivity contribution < 1.29 is 19.1 Å². The quantitative estimate of drug-likeness (QED) is 0.283. The summed E-state index contributed by atoms with van der Waals surface area (Å²) in [7, 11) is 0. The van der Waals surface area contributed by atoms with E-state index in [2.05, 4.69) is 36.2 Å². The number of hydrogen-bond acceptors (Lipinski definition) is 4. The van der Waals surface area contributed by atoms with Gasteiger partial charge < -0.3 is 14.8 Å². The molecule has 1 atom stereocenters. The lowest BCUT2D eigenvalue weighted by atomic mass is 9.98. The normalized spacial score (nSPS) is 13.2. The van der Waals surface area contributed by atoms with Crippen molar-refractivity contribution in [2.24, 2.45) is 0 Å². The van der Waals surface area contributed by atoms with Crippen LogP contribution in [0.25, 0.3) is 11.1 Å². The highest BCUT2D eigenvalue weighted by atomic mass is 127. The first-order chi connectivity index (χ1) is 13.2. The Morgan fingerprint density at radius 3 is 2.22 bits per heavy atom. The van der Waals surface area contributed by atoms with E-state index in [0.717, 1.165) is 11.1 Å². The maximum absolute atomic E-state index is 12.2. The second-order valence-corrected chi connectivity index (χ2v) is 6.98. The average molecular weight is 477 g/mol. The average Bonchev–Trinajstić information content (AvgIpc) is 3.02. The molecule has 1 amide bonds. The van der Waals surface area contributed by atoms with Gasteiger partial charge in [-0.2, -0.15) is 0 Å². The lowest BCUT2D eigenvalue weighted by Crippen LogP contribution is -2.43. The molecular formula is C21H20INO4. The smallest absolute Gasteiger partial charge is 0.407 e. The number of halogens is 1. The molecule has 0 heterocycles. The fraction of sp³-hybridized carbons (Fsp3) is 0.238. The van der Waals surface area contributed by atoms with Gasteiger partial charge in [-0.25, -0.2) is 9.59 Å². The third-order valence-corrected chi connectivity index (χ3v) is 5.30. The Morgan fingerprint density at radius 2 is 1.67 bits per heavy atom. The Bertz CT molecular complexity index is 806. The Balaban J connectivity index is 1.65. The van der Waals surface area contributed by atoms with Gasteiger partial charge in [-0.05, 0) is 22.3 Å². The summed E-state index contributed by atoms with van der Waals surface area (Å²) in [5.41, 5.74) is 4.62. The number of fused-ring (bicyclic) bond motifs is 3. The lowest BCUT2D eigenvalue weighted by Gasteiger charge is -2.17. The summed E-state index contributed by atoms with van der Waals surface area (Å²) in [5.74, 6) is -0.522. The molecule has 1 aliphatic carbocycles. The van der Waals surface area contributed by atoms with Crippen LogP contribution in [0, 0.1) is 0 Å². The molecule has 0 saturated carbocycles. The van der Waals surface area contributed by atoms with Crippen molar-refractivity contribution in [1.29, 1.82) is 0 Å². The summed E-state index contributed by atoms with van der Waals surface area (Å²) in [6, 6.07) is 15.5. The van der Waals surface area contributed by atoms with E-state index in [1.165, 1.54) is 17.2 Å². The van der Waals surface area contributed by atoms with Gasteiger partial charge in [0.25, 0.3) is 0 Å². The molecule has 1 N–H and O–H groups in total. The molecule has 140 valence electrons. The summed E-state index contributed by atoms with van der Waals surface area (Å²) < 4.78 is 10.8. The highest BCUT2D eigenvalue weighted by Gasteiger charge is 2.29. The minimum atomic E-state index is -0.749. The van der Waals surface area contributed by atoms with Crippen LogP contribution in [0.2, 0.25) is 0 Å². The van der Waals surface area contributed by atoms with Gasteiger partial charge in [0.1, 0.15) is 19.3 Å². The minimum absolute atomic E-state index is 0.0195. The van der Waals surface area contributed by atoms with E-state index >= 15 is 0 Å². The minimum Gasteiger partial charge on any atom is -0.460 e. The van der Waals surface area contributed by atoms with Crippen LogP contribution >= 0.6 is 22.6 Å². The standard InChI is InChI=1S/C21H20INO4/c1-2-11-26-20(24)19(12-22)23-21(25)27-13-18-16-9-5-3-7-14(16)15-8-4-6-10-17(15)18/h2-10,18-19H,1,11-13H2,(H,23,25). The number of carbonyl (C=O) groups excluding carboxylic acids is 2. The molecule has 0 aromatic heterocycles. The SMILES string of the molecule is C=CCOC(=O)C(CI)NC(=O)OCC1c2ccccc2-c2ccccc21. The number of nitrogens with one attached hydrogen (secondary N) is 1. The molecule has 27 heavy (non-hydrogen) atoms. The summed E-state index contributed by atoms with van der Waals surface area (Å²) in [6.45, 7) is 3.81. The van der Waals surface area contributed by atoms with Crippen LogP contribution in [0.15, 0.2) is 61.2 Å². The lowest BCUT2D eigenvalue weighted by molar-refractivity contribution is -0.144. The zero-order valence-electron chi connectivity index (χ0n) is 14.7. The number of esters is 1. The van der Waals surface area contributed by atoms with E-state index in [9.17, 15) is 9.59 Å². The third kappa shape index (κ3) is 4.32. The van der Waals surface area contributed by atoms with Crippen molar-refractivity contribution >= 4 is 34.7 Å². The third-order valence-electron chi connectivity index (χ3n) is 4.42. The van der Waals surface area contributed by atoms with E-state index in [1.54, 1.807) is 0 Å². The van der Waals surface area contributed by atoms with E-state index in [1.807, 2.05) is 46.9 Å². The van der Waals surface area contributed by atoms with Gasteiger partial charge >= 0.3 is 12.1 Å². The topological polar surface area (TPSA) is 64.6 Å². The molecule has 6 heteroatoms. The van der Waals surface area contributed by atoms with Crippen molar-refractivity contribution in [2.75, 3.05) is 17.6 Å². The summed E-state index contributed by atoms with van der Waals surface area (Å²) in [5, 5.41) is 2.57. The molecule has 0 fully saturated rings. The van der Waals surface area contributed by atoms with Gasteiger partial charge in [-0.15, -0.1) is 0 Å². The predicted molar refractivity (Wildman–Crippen MR) is 112 cm³/mol. The van der Waals surface area contributed by atoms with Crippen LogP contribution in [-0.2, 0) is 14.3 Å². The fourth-order valence-electron chi connectivity index (χ4n) is 3.18. The highest BCUT2D eigenvalue weighted by molar-refractivity contribution is 14.1. The summed E-state index contributed by atoms with van der Waals surface area (Å²) >= 11 is 2.02. The Kier molecular flexibility index (Phi) is 6.49. The second kappa shape index (κ2) is 9.03. The number of ether oxygens (including phenoxy) is 2. The van der Waals surface area contributed by atoms with Crippen molar-refractivity contribution in [3.8, 4) is 11.1 Å². The molecule has 3 rings (SSSR count). The number of benzene rings is 2. The number of hydrogen-bond donors (Lipinski definition) is 1. The Labute approximate surface area is 171 Å². The number of alkyl halides is 1. The van der Waals surface area contributed by atoms with Gasteiger partial charge in [-0.1, -0.05) is 83.8 Å². The molecule has 0 radical (unpaired) electrons. The molecule has 2 aromatic carbocycles. The van der Waals surface area contributed by atoms with E-state index in [0.29, 0.717) is 4.43 Å². The van der Waals surface area contributed by atoms with E-state index in [-0.39, 0.29) is 19.1 Å². The first-order valence-electron chi connectivity index (χ1n) is 8.60. The van der Waals surface area contributed by atoms with Crippen LogP contribution in [0.3, 0.4) is 0 Å². The summed E-state index contributed by atoms with van der Waals surface area (Å²) in [4.78, 5) is 24.1. The first kappa shape index (κ1) is 19.4. The number of alkyl carbamates (subject to hydrolysis) is 1. The number of amides is 1. The molecule has 1 unspecified atom stereocenters. The van der Waals surface area contributed by atoms with Crippen molar-refractivity contribution in [2.45, 2.75) is 12.0 Å². The molecule has 1 aliphatic rings. The van der Waals surface area contributed by atoms with Crippen molar-refractivity contribution in [3.63, 3.8) is 0 Å². The highest BCUT2D eigenvalue weighted by Crippen LogP contribution is 2.44. The zero-order valence-corrected chi connectivity index (χ0v) is 16.8. The molecule has 0 bridgehead atoms. The monoisotopic (exact) mass is 477 g/mol. The molecule has 0 aliphatic heterocycles. The van der Waals surface area contributed by atoms with Crippen molar-refractivity contribution in [3.05, 3.63) is 72.3 Å². The number of carbonyl (C=O) groups is 2. The maximum Gasteiger partial charge on any atom is 0.407 e. The molecule has 5 nitrogen and oxygen atoms in total. The molecule has 0 saturated heterocycles. The molecular weight excluding hydrogens is 457 g/mol. The van der Waals surface area contributed by atoms with Crippen LogP contribution in [-0.4, -0.2) is 35.7 Å². The predicted octanol–water partition coefficient (Wildman–Crippen LogP) is 4.06. The van der Waals surface area contributed by atoms with Crippen LogP contribution in [0.5, 0.6) is 0 Å². The Morgan fingerprint density at radius 1 is 1.07 bits per heavy atom. The van der Waals surface area contributed by atoms with Gasteiger partial charge in [0.05, 0.1) is 0 Å². The van der Waals surface area contributed by atoms with Crippen molar-refractivity contribution in [1.82, 2.24) is 5.32 Å². The van der Waals surface area contributed by atoms with Crippen LogP contribution in [0.4, 0.5) is 4.79 Å². The first-order valence-corrected chi connectivity index (χ1v) is 10.1. The largest absolute Gasteiger partial charge is 0.460 e. The fourth-order valence-corrected chi connectivity index (χ4v) is 3.76. The van der Waals surface area contributed by atoms with Gasteiger partial charge in [-0.3, -0.25) is 0 Å². The second-order valence-electron chi connectivity index (χ2n) is 6.10. The zero-order chi connectivity index (χ0) is 19.2. The molecule has 2 aromatic rings. The van der Waals surface area contributed by atoms with Crippen LogP contribution < -0.4 is 5.32 Å². The van der Waals surface area contributed by atoms with Gasteiger partial charge in [0.2, 0.25) is 0 Å². The Hall–Kier alpha value is -2.35.